The lowest BCUT2D eigenvalue weighted by atomic mass is 10.1. The van der Waals surface area contributed by atoms with Crippen molar-refractivity contribution in [3.05, 3.63) is 12.4 Å². The van der Waals surface area contributed by atoms with Crippen LogP contribution < -0.4 is 10.6 Å². The van der Waals surface area contributed by atoms with Crippen molar-refractivity contribution < 1.29 is 0 Å². The highest BCUT2D eigenvalue weighted by molar-refractivity contribution is 5.61. The molecule has 0 unspecified atom stereocenters. The van der Waals surface area contributed by atoms with Gasteiger partial charge >= 0.3 is 0 Å². The molecular weight excluding hydrogens is 228 g/mol. The second kappa shape index (κ2) is 4.80. The number of nitrogens with two attached hydrogens (primary N) is 1. The Morgan fingerprint density at radius 3 is 2.50 bits per heavy atom. The van der Waals surface area contributed by atoms with Crippen LogP contribution in [0, 0.1) is 0 Å². The highest BCUT2D eigenvalue weighted by Crippen LogP contribution is 2.19. The summed E-state index contributed by atoms with van der Waals surface area (Å²) in [5.74, 6) is 1.32. The number of nitrogen functional groups attached to an aromatic ring is 1. The molecule has 96 valence electrons. The molecule has 0 saturated carbocycles. The fourth-order valence-corrected chi connectivity index (χ4v) is 2.50. The van der Waals surface area contributed by atoms with E-state index in [0.29, 0.717) is 11.5 Å². The number of rotatable bonds is 1. The number of hydrogen-bond donors (Lipinski definition) is 1. The Bertz CT molecular complexity index is 526. The van der Waals surface area contributed by atoms with Crippen molar-refractivity contribution in [1.29, 1.82) is 0 Å². The van der Waals surface area contributed by atoms with Crippen LogP contribution in [-0.4, -0.2) is 32.7 Å². The van der Waals surface area contributed by atoms with Gasteiger partial charge in [0, 0.05) is 25.5 Å². The van der Waals surface area contributed by atoms with Crippen LogP contribution in [0.3, 0.4) is 0 Å². The van der Waals surface area contributed by atoms with Gasteiger partial charge in [0.15, 0.2) is 5.82 Å². The second-order valence-electron chi connectivity index (χ2n) is 4.76. The average Bonchev–Trinajstić information content (AvgIpc) is 2.74. The summed E-state index contributed by atoms with van der Waals surface area (Å²) >= 11 is 0. The van der Waals surface area contributed by atoms with Gasteiger partial charge in [-0.3, -0.25) is 4.40 Å². The van der Waals surface area contributed by atoms with E-state index < -0.39 is 0 Å². The maximum Gasteiger partial charge on any atom is 0.231 e. The average molecular weight is 246 g/mol. The third kappa shape index (κ3) is 1.98. The summed E-state index contributed by atoms with van der Waals surface area (Å²) in [5.41, 5.74) is 6.45. The van der Waals surface area contributed by atoms with E-state index in [1.165, 1.54) is 32.1 Å². The smallest absolute Gasteiger partial charge is 0.231 e. The van der Waals surface area contributed by atoms with Gasteiger partial charge < -0.3 is 10.6 Å². The first-order chi connectivity index (χ1) is 8.86. The minimum atomic E-state index is 0.434. The second-order valence-corrected chi connectivity index (χ2v) is 4.76. The van der Waals surface area contributed by atoms with E-state index in [9.17, 15) is 0 Å². The summed E-state index contributed by atoms with van der Waals surface area (Å²) in [6, 6.07) is 0. The molecule has 0 aromatic carbocycles. The summed E-state index contributed by atoms with van der Waals surface area (Å²) in [6.07, 6.45) is 9.96. The quantitative estimate of drug-likeness (QED) is 0.825. The SMILES string of the molecule is Nc1nccn2c(N3CCCCCCC3)nnc12. The Morgan fingerprint density at radius 1 is 1.00 bits per heavy atom. The predicted molar refractivity (Wildman–Crippen MR) is 70.5 cm³/mol. The Morgan fingerprint density at radius 2 is 1.72 bits per heavy atom. The van der Waals surface area contributed by atoms with Gasteiger partial charge in [-0.05, 0) is 12.8 Å². The number of fused-ring (bicyclic) bond motifs is 1. The molecule has 1 saturated heterocycles. The molecule has 0 aliphatic carbocycles. The maximum atomic E-state index is 5.80. The Labute approximate surface area is 106 Å². The van der Waals surface area contributed by atoms with E-state index in [0.717, 1.165) is 19.0 Å². The third-order valence-corrected chi connectivity index (χ3v) is 3.48. The molecule has 2 aromatic heterocycles. The Hall–Kier alpha value is -1.85. The van der Waals surface area contributed by atoms with Crippen LogP contribution in [-0.2, 0) is 0 Å². The van der Waals surface area contributed by atoms with Crippen molar-refractivity contribution in [2.45, 2.75) is 32.1 Å². The highest BCUT2D eigenvalue weighted by Gasteiger charge is 2.16. The van der Waals surface area contributed by atoms with Crippen molar-refractivity contribution in [2.75, 3.05) is 23.7 Å². The van der Waals surface area contributed by atoms with Gasteiger partial charge in [0.2, 0.25) is 11.6 Å². The Kier molecular flexibility index (Phi) is 3.00. The molecule has 18 heavy (non-hydrogen) atoms. The minimum absolute atomic E-state index is 0.434. The van der Waals surface area contributed by atoms with E-state index in [1.54, 1.807) is 6.20 Å². The summed E-state index contributed by atoms with van der Waals surface area (Å²) in [6.45, 7) is 2.09. The zero-order chi connectivity index (χ0) is 12.4. The van der Waals surface area contributed by atoms with Crippen molar-refractivity contribution in [2.24, 2.45) is 0 Å². The lowest BCUT2D eigenvalue weighted by Gasteiger charge is -2.24. The van der Waals surface area contributed by atoms with Gasteiger partial charge in [-0.25, -0.2) is 4.98 Å². The number of aromatic nitrogens is 4. The van der Waals surface area contributed by atoms with Crippen LogP contribution in [0.15, 0.2) is 12.4 Å². The fraction of sp³-hybridized carbons (Fsp3) is 0.583. The van der Waals surface area contributed by atoms with Gasteiger partial charge in [-0.15, -0.1) is 10.2 Å². The molecule has 3 rings (SSSR count). The topological polar surface area (TPSA) is 72.3 Å². The normalized spacial score (nSPS) is 17.7. The van der Waals surface area contributed by atoms with E-state index in [2.05, 4.69) is 20.1 Å². The molecule has 0 spiro atoms. The van der Waals surface area contributed by atoms with Gasteiger partial charge in [0.25, 0.3) is 0 Å². The van der Waals surface area contributed by atoms with Crippen molar-refractivity contribution in [1.82, 2.24) is 19.6 Å². The van der Waals surface area contributed by atoms with E-state index in [4.69, 9.17) is 5.73 Å². The largest absolute Gasteiger partial charge is 0.381 e. The van der Waals surface area contributed by atoms with E-state index in [-0.39, 0.29) is 0 Å². The molecule has 2 N–H and O–H groups in total. The van der Waals surface area contributed by atoms with Gasteiger partial charge in [0.1, 0.15) is 0 Å². The van der Waals surface area contributed by atoms with Crippen LogP contribution in [0.5, 0.6) is 0 Å². The van der Waals surface area contributed by atoms with Crippen molar-refractivity contribution in [3.63, 3.8) is 0 Å². The molecular formula is C12H18N6. The lowest BCUT2D eigenvalue weighted by molar-refractivity contribution is 0.549. The molecule has 6 heteroatoms. The van der Waals surface area contributed by atoms with Crippen LogP contribution in [0.4, 0.5) is 11.8 Å². The highest BCUT2D eigenvalue weighted by atomic mass is 15.4. The number of nitrogens with zero attached hydrogens (tertiary/aromatic N) is 5. The molecule has 0 radical (unpaired) electrons. The molecule has 1 fully saturated rings. The molecule has 0 atom stereocenters. The zero-order valence-corrected chi connectivity index (χ0v) is 10.4. The summed E-state index contributed by atoms with van der Waals surface area (Å²) < 4.78 is 1.93. The molecule has 3 heterocycles. The Balaban J connectivity index is 1.95. The number of anilines is 2. The maximum absolute atomic E-state index is 5.80. The summed E-state index contributed by atoms with van der Waals surface area (Å²) in [7, 11) is 0. The monoisotopic (exact) mass is 246 g/mol. The molecule has 1 aliphatic rings. The summed E-state index contributed by atoms with van der Waals surface area (Å²) in [4.78, 5) is 6.34. The third-order valence-electron chi connectivity index (χ3n) is 3.48. The van der Waals surface area contributed by atoms with E-state index >= 15 is 0 Å². The van der Waals surface area contributed by atoms with E-state index in [1.807, 2.05) is 10.6 Å². The first-order valence-corrected chi connectivity index (χ1v) is 6.56. The fourth-order valence-electron chi connectivity index (χ4n) is 2.50. The van der Waals surface area contributed by atoms with Gasteiger partial charge in [0.05, 0.1) is 0 Å². The van der Waals surface area contributed by atoms with Crippen molar-refractivity contribution in [3.8, 4) is 0 Å². The molecule has 6 nitrogen and oxygen atoms in total. The predicted octanol–water partition coefficient (Wildman–Crippen LogP) is 1.48. The summed E-state index contributed by atoms with van der Waals surface area (Å²) in [5, 5.41) is 8.40. The molecule has 1 aliphatic heterocycles. The zero-order valence-electron chi connectivity index (χ0n) is 10.4. The molecule has 2 aromatic rings. The van der Waals surface area contributed by atoms with Crippen LogP contribution >= 0.6 is 0 Å². The van der Waals surface area contributed by atoms with Crippen LogP contribution in [0.2, 0.25) is 0 Å². The van der Waals surface area contributed by atoms with Crippen LogP contribution in [0.1, 0.15) is 32.1 Å². The lowest BCUT2D eigenvalue weighted by Crippen LogP contribution is -2.28. The standard InChI is InChI=1S/C12H18N6/c13-10-11-15-16-12(18(11)9-6-14-10)17-7-4-2-1-3-5-8-17/h6,9H,1-5,7-8H2,(H2,13,14). The first-order valence-electron chi connectivity index (χ1n) is 6.56. The number of hydrogen-bond acceptors (Lipinski definition) is 5. The van der Waals surface area contributed by atoms with Crippen molar-refractivity contribution >= 4 is 17.4 Å². The first kappa shape index (κ1) is 11.3. The van der Waals surface area contributed by atoms with Gasteiger partial charge in [-0.1, -0.05) is 19.3 Å². The molecule has 0 amide bonds. The van der Waals surface area contributed by atoms with Crippen LogP contribution in [0.25, 0.3) is 5.65 Å². The van der Waals surface area contributed by atoms with Gasteiger partial charge in [-0.2, -0.15) is 0 Å². The molecule has 0 bridgehead atoms. The minimum Gasteiger partial charge on any atom is -0.381 e.